The number of aromatic nitrogens is 3. The Bertz CT molecular complexity index is 2500. The number of para-hydroxylation sites is 1. The second kappa shape index (κ2) is 12.7. The normalized spacial score (nSPS) is 11.4. The Morgan fingerprint density at radius 3 is 1.85 bits per heavy atom. The van der Waals surface area contributed by atoms with Crippen LogP contribution < -0.4 is 0 Å². The molecule has 0 bridgehead atoms. The summed E-state index contributed by atoms with van der Waals surface area (Å²) in [5.74, 6) is 0.953. The van der Waals surface area contributed by atoms with Gasteiger partial charge in [0, 0.05) is 23.2 Å². The summed E-state index contributed by atoms with van der Waals surface area (Å²) >= 11 is 3.20. The van der Waals surface area contributed by atoms with E-state index in [0.717, 1.165) is 16.8 Å². The predicted octanol–water partition coefficient (Wildman–Crippen LogP) is 11.6. The second-order valence-electron chi connectivity index (χ2n) is 11.5. The van der Waals surface area contributed by atoms with Crippen molar-refractivity contribution < 1.29 is 0 Å². The van der Waals surface area contributed by atoms with Crippen molar-refractivity contribution >= 4 is 59.3 Å². The zero-order chi connectivity index (χ0) is 31.6. The van der Waals surface area contributed by atoms with Crippen molar-refractivity contribution in [3.8, 4) is 16.9 Å². The molecule has 10 rings (SSSR count). The summed E-state index contributed by atoms with van der Waals surface area (Å²) in [5, 5.41) is 7.84. The average molecular weight is 669 g/mol. The van der Waals surface area contributed by atoms with E-state index >= 15 is 0 Å². The smallest absolute Gasteiger partial charge is 0.137 e. The quantitative estimate of drug-likeness (QED) is 0.163. The van der Waals surface area contributed by atoms with Crippen LogP contribution in [0.4, 0.5) is 0 Å². The number of pyridine rings is 2. The van der Waals surface area contributed by atoms with Crippen LogP contribution in [-0.4, -0.2) is 14.5 Å². The molecule has 0 fully saturated rings. The van der Waals surface area contributed by atoms with Crippen LogP contribution in [-0.2, 0) is 6.42 Å². The molecule has 0 radical (unpaired) electrons. The van der Waals surface area contributed by atoms with Gasteiger partial charge < -0.3 is 0 Å². The maximum atomic E-state index is 4.56. The SMILES string of the molecule is Brc1ccccn1.c1ccc(-n2c3ccccc3c3c4ccccc4ccc32)nc1.c1ccc2c(c1)Cc1ccc3ccccc3c1-2. The highest BCUT2D eigenvalue weighted by Gasteiger charge is 2.19. The topological polar surface area (TPSA) is 30.7 Å². The fourth-order valence-corrected chi connectivity index (χ4v) is 6.99. The molecule has 4 heteroatoms. The molecular weight excluding hydrogens is 638 g/mol. The Morgan fingerprint density at radius 2 is 1.11 bits per heavy atom. The molecule has 0 saturated carbocycles. The molecule has 1 aliphatic rings. The number of hydrogen-bond donors (Lipinski definition) is 0. The Kier molecular flexibility index (Phi) is 7.78. The van der Waals surface area contributed by atoms with E-state index in [1.807, 2.05) is 36.5 Å². The Labute approximate surface area is 281 Å². The summed E-state index contributed by atoms with van der Waals surface area (Å²) in [6, 6.07) is 55.2. The van der Waals surface area contributed by atoms with E-state index < -0.39 is 0 Å². The van der Waals surface area contributed by atoms with Gasteiger partial charge in [-0.05, 0) is 103 Å². The molecule has 47 heavy (non-hydrogen) atoms. The van der Waals surface area contributed by atoms with Crippen molar-refractivity contribution in [3.63, 3.8) is 0 Å². The first-order valence-corrected chi connectivity index (χ1v) is 16.5. The minimum atomic E-state index is 0.884. The van der Waals surface area contributed by atoms with Gasteiger partial charge in [-0.25, -0.2) is 9.97 Å². The fourth-order valence-electron chi connectivity index (χ4n) is 6.72. The molecule has 3 nitrogen and oxygen atoms in total. The Balaban J connectivity index is 0.000000118. The summed E-state index contributed by atoms with van der Waals surface area (Å²) in [5.41, 5.74) is 8.17. The molecule has 6 aromatic carbocycles. The van der Waals surface area contributed by atoms with Gasteiger partial charge in [-0.15, -0.1) is 0 Å². The monoisotopic (exact) mass is 667 g/mol. The van der Waals surface area contributed by atoms with Gasteiger partial charge in [0.1, 0.15) is 10.4 Å². The molecule has 224 valence electrons. The number of rotatable bonds is 1. The highest BCUT2D eigenvalue weighted by molar-refractivity contribution is 9.10. The molecule has 0 spiro atoms. The summed E-state index contributed by atoms with van der Waals surface area (Å²) in [6.07, 6.45) is 4.66. The van der Waals surface area contributed by atoms with Gasteiger partial charge in [0.15, 0.2) is 0 Å². The minimum absolute atomic E-state index is 0.884. The van der Waals surface area contributed by atoms with Crippen molar-refractivity contribution in [1.29, 1.82) is 0 Å². The van der Waals surface area contributed by atoms with Crippen molar-refractivity contribution in [2.45, 2.75) is 6.42 Å². The van der Waals surface area contributed by atoms with Crippen molar-refractivity contribution in [2.24, 2.45) is 0 Å². The third-order valence-corrected chi connectivity index (χ3v) is 9.22. The van der Waals surface area contributed by atoms with Crippen LogP contribution in [0.2, 0.25) is 0 Å². The zero-order valence-corrected chi connectivity index (χ0v) is 27.2. The van der Waals surface area contributed by atoms with Gasteiger partial charge in [-0.3, -0.25) is 4.57 Å². The van der Waals surface area contributed by atoms with E-state index in [9.17, 15) is 0 Å². The first kappa shape index (κ1) is 28.9. The molecule has 0 N–H and O–H groups in total. The molecular formula is C43H30BrN3. The van der Waals surface area contributed by atoms with E-state index in [4.69, 9.17) is 0 Å². The van der Waals surface area contributed by atoms with E-state index in [-0.39, 0.29) is 0 Å². The number of benzene rings is 6. The molecule has 3 aromatic heterocycles. The lowest BCUT2D eigenvalue weighted by Gasteiger charge is -2.06. The molecule has 3 heterocycles. The standard InChI is InChI=1S/C21H14N2.C17H12.C5H4BrN/c1-2-8-16-15(7-1)12-13-19-21(16)17-9-3-4-10-18(17)23(19)20-11-5-6-14-22-20;1-3-7-15-12(5-1)9-10-14-11-13-6-2-4-8-16(13)17(14)15;6-5-3-1-2-4-7-5/h1-14H;1-10H,11H2;1-4H. The predicted molar refractivity (Wildman–Crippen MR) is 200 cm³/mol. The molecule has 0 saturated heterocycles. The summed E-state index contributed by atoms with van der Waals surface area (Å²) in [4.78, 5) is 8.46. The van der Waals surface area contributed by atoms with Gasteiger partial charge in [0.2, 0.25) is 0 Å². The Hall–Kier alpha value is -5.58. The molecule has 0 aliphatic heterocycles. The van der Waals surface area contributed by atoms with Gasteiger partial charge in [-0.2, -0.15) is 0 Å². The van der Waals surface area contributed by atoms with E-state index in [0.29, 0.717) is 0 Å². The summed E-state index contributed by atoms with van der Waals surface area (Å²) in [7, 11) is 0. The largest absolute Gasteiger partial charge is 0.294 e. The Morgan fingerprint density at radius 1 is 0.468 bits per heavy atom. The molecule has 0 unspecified atom stereocenters. The van der Waals surface area contributed by atoms with Crippen LogP contribution in [0.15, 0.2) is 175 Å². The molecule has 0 atom stereocenters. The van der Waals surface area contributed by atoms with E-state index in [1.54, 1.807) is 6.20 Å². The maximum absolute atomic E-state index is 4.56. The van der Waals surface area contributed by atoms with Gasteiger partial charge in [-0.1, -0.05) is 121 Å². The lowest BCUT2D eigenvalue weighted by Crippen LogP contribution is -1.95. The van der Waals surface area contributed by atoms with Crippen molar-refractivity contribution in [1.82, 2.24) is 14.5 Å². The fraction of sp³-hybridized carbons (Fsp3) is 0.0233. The van der Waals surface area contributed by atoms with E-state index in [1.165, 1.54) is 65.6 Å². The highest BCUT2D eigenvalue weighted by atomic mass is 79.9. The van der Waals surface area contributed by atoms with E-state index in [2.05, 4.69) is 158 Å². The number of halogens is 1. The first-order chi connectivity index (χ1) is 23.3. The molecule has 9 aromatic rings. The molecule has 1 aliphatic carbocycles. The first-order valence-electron chi connectivity index (χ1n) is 15.7. The average Bonchev–Trinajstić information content (AvgIpc) is 3.69. The third-order valence-electron chi connectivity index (χ3n) is 8.75. The van der Waals surface area contributed by atoms with Crippen LogP contribution in [0.3, 0.4) is 0 Å². The van der Waals surface area contributed by atoms with Crippen LogP contribution in [0.25, 0.3) is 60.3 Å². The van der Waals surface area contributed by atoms with Crippen LogP contribution >= 0.6 is 15.9 Å². The third kappa shape index (κ3) is 5.47. The number of fused-ring (bicyclic) bond motifs is 10. The van der Waals surface area contributed by atoms with Gasteiger partial charge in [0.05, 0.1) is 11.0 Å². The second-order valence-corrected chi connectivity index (χ2v) is 12.3. The van der Waals surface area contributed by atoms with Crippen molar-refractivity contribution in [2.75, 3.05) is 0 Å². The number of hydrogen-bond acceptors (Lipinski definition) is 2. The molecule has 0 amide bonds. The summed E-state index contributed by atoms with van der Waals surface area (Å²) < 4.78 is 3.13. The zero-order valence-electron chi connectivity index (χ0n) is 25.6. The van der Waals surface area contributed by atoms with Crippen LogP contribution in [0.5, 0.6) is 0 Å². The lowest BCUT2D eigenvalue weighted by molar-refractivity contribution is 1.08. The lowest BCUT2D eigenvalue weighted by atomic mass is 9.98. The highest BCUT2D eigenvalue weighted by Crippen LogP contribution is 2.41. The minimum Gasteiger partial charge on any atom is -0.294 e. The maximum Gasteiger partial charge on any atom is 0.137 e. The van der Waals surface area contributed by atoms with Gasteiger partial charge >= 0.3 is 0 Å². The number of nitrogens with zero attached hydrogens (tertiary/aromatic N) is 3. The van der Waals surface area contributed by atoms with Crippen molar-refractivity contribution in [3.05, 3.63) is 186 Å². The summed E-state index contributed by atoms with van der Waals surface area (Å²) in [6.45, 7) is 0. The van der Waals surface area contributed by atoms with Crippen LogP contribution in [0, 0.1) is 0 Å². The van der Waals surface area contributed by atoms with Gasteiger partial charge in [0.25, 0.3) is 0 Å². The van der Waals surface area contributed by atoms with Crippen LogP contribution in [0.1, 0.15) is 11.1 Å².